The summed E-state index contributed by atoms with van der Waals surface area (Å²) in [6.45, 7) is 5.56. The van der Waals surface area contributed by atoms with E-state index in [1.165, 1.54) is 0 Å². The predicted molar refractivity (Wildman–Crippen MR) is 71.0 cm³/mol. The van der Waals surface area contributed by atoms with Crippen LogP contribution in [-0.2, 0) is 7.05 Å². The SMILES string of the molecule is Cc1nn(C)c(C)c1C(C)Nc1cc(F)c(F)cc1F. The van der Waals surface area contributed by atoms with Gasteiger partial charge in [-0.3, -0.25) is 4.68 Å². The van der Waals surface area contributed by atoms with Crippen LogP contribution in [0.15, 0.2) is 12.1 Å². The summed E-state index contributed by atoms with van der Waals surface area (Å²) in [5.41, 5.74) is 2.59. The molecule has 2 rings (SSSR count). The van der Waals surface area contributed by atoms with E-state index < -0.39 is 17.5 Å². The molecule has 1 N–H and O–H groups in total. The zero-order chi connectivity index (χ0) is 15.0. The molecule has 6 heteroatoms. The third kappa shape index (κ3) is 2.50. The first-order chi connectivity index (χ1) is 9.31. The van der Waals surface area contributed by atoms with Gasteiger partial charge in [0.1, 0.15) is 5.82 Å². The molecule has 0 aliphatic rings. The van der Waals surface area contributed by atoms with E-state index in [1.807, 2.05) is 27.8 Å². The van der Waals surface area contributed by atoms with Gasteiger partial charge in [0, 0.05) is 30.4 Å². The first-order valence-corrected chi connectivity index (χ1v) is 6.22. The van der Waals surface area contributed by atoms with E-state index in [9.17, 15) is 13.2 Å². The Morgan fingerprint density at radius 1 is 1.10 bits per heavy atom. The lowest BCUT2D eigenvalue weighted by atomic mass is 10.1. The Labute approximate surface area is 115 Å². The molecule has 20 heavy (non-hydrogen) atoms. The van der Waals surface area contributed by atoms with Crippen molar-refractivity contribution in [3.8, 4) is 0 Å². The lowest BCUT2D eigenvalue weighted by Crippen LogP contribution is -2.10. The largest absolute Gasteiger partial charge is 0.376 e. The van der Waals surface area contributed by atoms with E-state index in [1.54, 1.807) is 4.68 Å². The monoisotopic (exact) mass is 283 g/mol. The number of anilines is 1. The fourth-order valence-corrected chi connectivity index (χ4v) is 2.36. The average Bonchev–Trinajstić information content (AvgIpc) is 2.60. The minimum Gasteiger partial charge on any atom is -0.376 e. The Kier molecular flexibility index (Phi) is 3.74. The predicted octanol–water partition coefficient (Wildman–Crippen LogP) is 3.63. The second-order valence-electron chi connectivity index (χ2n) is 4.82. The zero-order valence-electron chi connectivity index (χ0n) is 11.8. The van der Waals surface area contributed by atoms with Gasteiger partial charge >= 0.3 is 0 Å². The summed E-state index contributed by atoms with van der Waals surface area (Å²) in [7, 11) is 1.82. The molecule has 0 saturated heterocycles. The minimum atomic E-state index is -1.20. The summed E-state index contributed by atoms with van der Waals surface area (Å²) in [5.74, 6) is -3.11. The van der Waals surface area contributed by atoms with Gasteiger partial charge in [-0.05, 0) is 20.8 Å². The van der Waals surface area contributed by atoms with E-state index in [4.69, 9.17) is 0 Å². The number of halogens is 3. The molecule has 0 bridgehead atoms. The number of nitrogens with zero attached hydrogens (tertiary/aromatic N) is 2. The molecule has 0 aliphatic heterocycles. The Hall–Kier alpha value is -1.98. The highest BCUT2D eigenvalue weighted by atomic mass is 19.2. The van der Waals surface area contributed by atoms with Crippen molar-refractivity contribution >= 4 is 5.69 Å². The van der Waals surface area contributed by atoms with E-state index in [-0.39, 0.29) is 11.7 Å². The maximum absolute atomic E-state index is 13.6. The maximum Gasteiger partial charge on any atom is 0.161 e. The van der Waals surface area contributed by atoms with Crippen molar-refractivity contribution in [1.29, 1.82) is 0 Å². The molecule has 1 heterocycles. The van der Waals surface area contributed by atoms with Crippen LogP contribution in [0.5, 0.6) is 0 Å². The van der Waals surface area contributed by atoms with Crippen molar-refractivity contribution in [2.45, 2.75) is 26.8 Å². The van der Waals surface area contributed by atoms with Crippen LogP contribution in [-0.4, -0.2) is 9.78 Å². The molecular formula is C14H16F3N3. The smallest absolute Gasteiger partial charge is 0.161 e. The first-order valence-electron chi connectivity index (χ1n) is 6.22. The summed E-state index contributed by atoms with van der Waals surface area (Å²) in [4.78, 5) is 0. The van der Waals surface area contributed by atoms with Gasteiger partial charge in [-0.15, -0.1) is 0 Å². The van der Waals surface area contributed by atoms with Crippen molar-refractivity contribution in [2.24, 2.45) is 7.05 Å². The van der Waals surface area contributed by atoms with Gasteiger partial charge in [-0.25, -0.2) is 13.2 Å². The van der Waals surface area contributed by atoms with Crippen molar-refractivity contribution in [2.75, 3.05) is 5.32 Å². The molecule has 1 aromatic carbocycles. The number of aryl methyl sites for hydroxylation is 2. The molecule has 1 aromatic heterocycles. The van der Waals surface area contributed by atoms with Crippen molar-refractivity contribution in [3.05, 3.63) is 46.5 Å². The first kappa shape index (κ1) is 14.4. The van der Waals surface area contributed by atoms with Gasteiger partial charge in [0.25, 0.3) is 0 Å². The number of hydrogen-bond acceptors (Lipinski definition) is 2. The molecule has 0 spiro atoms. The highest BCUT2D eigenvalue weighted by Crippen LogP contribution is 2.27. The van der Waals surface area contributed by atoms with Gasteiger partial charge < -0.3 is 5.32 Å². The third-order valence-electron chi connectivity index (χ3n) is 3.38. The van der Waals surface area contributed by atoms with Crippen LogP contribution < -0.4 is 5.32 Å². The standard InChI is InChI=1S/C14H16F3N3/c1-7(14-8(2)19-20(4)9(14)3)18-13-6-11(16)10(15)5-12(13)17/h5-7,18H,1-4H3. The molecule has 0 radical (unpaired) electrons. The quantitative estimate of drug-likeness (QED) is 0.872. The summed E-state index contributed by atoms with van der Waals surface area (Å²) in [6.07, 6.45) is 0. The Morgan fingerprint density at radius 3 is 2.25 bits per heavy atom. The molecule has 0 amide bonds. The number of hydrogen-bond donors (Lipinski definition) is 1. The van der Waals surface area contributed by atoms with Gasteiger partial charge in [0.05, 0.1) is 17.4 Å². The van der Waals surface area contributed by atoms with E-state index in [2.05, 4.69) is 10.4 Å². The average molecular weight is 283 g/mol. The maximum atomic E-state index is 13.6. The highest BCUT2D eigenvalue weighted by molar-refractivity contribution is 5.48. The van der Waals surface area contributed by atoms with E-state index in [0.29, 0.717) is 6.07 Å². The van der Waals surface area contributed by atoms with Crippen molar-refractivity contribution < 1.29 is 13.2 Å². The second kappa shape index (κ2) is 5.19. The zero-order valence-corrected chi connectivity index (χ0v) is 11.8. The lowest BCUT2D eigenvalue weighted by Gasteiger charge is -2.17. The fourth-order valence-electron chi connectivity index (χ4n) is 2.36. The number of rotatable bonds is 3. The van der Waals surface area contributed by atoms with Gasteiger partial charge in [0.15, 0.2) is 11.6 Å². The molecule has 3 nitrogen and oxygen atoms in total. The van der Waals surface area contributed by atoms with Crippen LogP contribution in [0.3, 0.4) is 0 Å². The molecule has 0 aliphatic carbocycles. The van der Waals surface area contributed by atoms with Gasteiger partial charge in [-0.1, -0.05) is 0 Å². The van der Waals surface area contributed by atoms with Crippen LogP contribution in [0.4, 0.5) is 18.9 Å². The van der Waals surface area contributed by atoms with Gasteiger partial charge in [0.2, 0.25) is 0 Å². The molecule has 0 saturated carbocycles. The Morgan fingerprint density at radius 2 is 1.70 bits per heavy atom. The Bertz CT molecular complexity index is 650. The molecular weight excluding hydrogens is 267 g/mol. The van der Waals surface area contributed by atoms with Gasteiger partial charge in [-0.2, -0.15) is 5.10 Å². The number of nitrogens with one attached hydrogen (secondary N) is 1. The van der Waals surface area contributed by atoms with Crippen LogP contribution in [0.1, 0.15) is 29.9 Å². The minimum absolute atomic E-state index is 0.0703. The normalized spacial score (nSPS) is 12.6. The topological polar surface area (TPSA) is 29.9 Å². The van der Waals surface area contributed by atoms with Crippen LogP contribution >= 0.6 is 0 Å². The van der Waals surface area contributed by atoms with Crippen molar-refractivity contribution in [3.63, 3.8) is 0 Å². The molecule has 1 atom stereocenters. The number of aromatic nitrogens is 2. The highest BCUT2D eigenvalue weighted by Gasteiger charge is 2.18. The van der Waals surface area contributed by atoms with Crippen LogP contribution in [0.2, 0.25) is 0 Å². The van der Waals surface area contributed by atoms with Crippen molar-refractivity contribution in [1.82, 2.24) is 9.78 Å². The fraction of sp³-hybridized carbons (Fsp3) is 0.357. The molecule has 108 valence electrons. The van der Waals surface area contributed by atoms with Crippen LogP contribution in [0, 0.1) is 31.3 Å². The summed E-state index contributed by atoms with van der Waals surface area (Å²) >= 11 is 0. The number of benzene rings is 1. The molecule has 2 aromatic rings. The lowest BCUT2D eigenvalue weighted by molar-refractivity contribution is 0.495. The van der Waals surface area contributed by atoms with E-state index >= 15 is 0 Å². The van der Waals surface area contributed by atoms with Crippen LogP contribution in [0.25, 0.3) is 0 Å². The molecule has 1 unspecified atom stereocenters. The Balaban J connectivity index is 2.32. The summed E-state index contributed by atoms with van der Waals surface area (Å²) in [6, 6.07) is 1.08. The second-order valence-corrected chi connectivity index (χ2v) is 4.82. The summed E-state index contributed by atoms with van der Waals surface area (Å²) in [5, 5.41) is 7.13. The van der Waals surface area contributed by atoms with E-state index in [0.717, 1.165) is 23.0 Å². The molecule has 0 fully saturated rings. The summed E-state index contributed by atoms with van der Waals surface area (Å²) < 4.78 is 41.4. The third-order valence-corrected chi connectivity index (χ3v) is 3.38.